The van der Waals surface area contributed by atoms with Gasteiger partial charge in [-0.2, -0.15) is 5.01 Å². The van der Waals surface area contributed by atoms with Crippen LogP contribution in [-0.2, 0) is 14.2 Å². The average Bonchev–Trinajstić information content (AvgIpc) is 2.89. The van der Waals surface area contributed by atoms with E-state index in [0.717, 1.165) is 16.3 Å². The number of carbonyl (C=O) groups is 3. The van der Waals surface area contributed by atoms with E-state index in [1.54, 1.807) is 41.5 Å². The van der Waals surface area contributed by atoms with Crippen LogP contribution in [0.15, 0.2) is 12.1 Å². The third-order valence-corrected chi connectivity index (χ3v) is 3.43. The van der Waals surface area contributed by atoms with E-state index in [9.17, 15) is 14.4 Å². The van der Waals surface area contributed by atoms with E-state index in [0.29, 0.717) is 0 Å². The predicted octanol–water partition coefficient (Wildman–Crippen LogP) is 3.72. The van der Waals surface area contributed by atoms with Crippen molar-refractivity contribution in [2.24, 2.45) is 0 Å². The summed E-state index contributed by atoms with van der Waals surface area (Å²) in [5.41, 5.74) is 0.828. The summed E-state index contributed by atoms with van der Waals surface area (Å²) in [6.45, 7) is 10.2. The van der Waals surface area contributed by atoms with Gasteiger partial charge in [-0.05, 0) is 53.7 Å². The van der Waals surface area contributed by atoms with Gasteiger partial charge in [0.15, 0.2) is 0 Å². The molecule has 0 aromatic carbocycles. The molecule has 0 atom stereocenters. The van der Waals surface area contributed by atoms with Crippen LogP contribution in [0.3, 0.4) is 0 Å². The number of hydrazine groups is 1. The lowest BCUT2D eigenvalue weighted by Gasteiger charge is -2.27. The van der Waals surface area contributed by atoms with E-state index in [1.807, 2.05) is 0 Å². The van der Waals surface area contributed by atoms with Crippen molar-refractivity contribution in [1.29, 1.82) is 0 Å². The van der Waals surface area contributed by atoms with Gasteiger partial charge in [0.25, 0.3) is 0 Å². The first-order valence-electron chi connectivity index (χ1n) is 7.53. The summed E-state index contributed by atoms with van der Waals surface area (Å²) in [4.78, 5) is 36.3. The van der Waals surface area contributed by atoms with E-state index >= 15 is 0 Å². The molecule has 0 saturated heterocycles. The summed E-state index contributed by atoms with van der Waals surface area (Å²) in [7, 11) is 1.26. The molecule has 1 rings (SSSR count). The molecule has 0 saturated carbocycles. The van der Waals surface area contributed by atoms with Gasteiger partial charge in [-0.25, -0.2) is 19.8 Å². The second-order valence-electron chi connectivity index (χ2n) is 7.06. The number of esters is 1. The number of carbonyl (C=O) groups excluding carboxylic acids is 3. The molecule has 1 aromatic heterocycles. The molecule has 140 valence electrons. The number of thiophene rings is 1. The van der Waals surface area contributed by atoms with Crippen LogP contribution in [0, 0.1) is 0 Å². The first-order chi connectivity index (χ1) is 11.3. The largest absolute Gasteiger partial charge is 0.465 e. The molecule has 0 bridgehead atoms. The average molecular weight is 372 g/mol. The minimum Gasteiger partial charge on any atom is -0.465 e. The van der Waals surface area contributed by atoms with Crippen molar-refractivity contribution in [1.82, 2.24) is 5.43 Å². The van der Waals surface area contributed by atoms with Crippen molar-refractivity contribution in [3.05, 3.63) is 17.0 Å². The Morgan fingerprint density at radius 1 is 1.00 bits per heavy atom. The Labute approximate surface area is 151 Å². The molecule has 2 amide bonds. The number of hydrogen-bond acceptors (Lipinski definition) is 7. The van der Waals surface area contributed by atoms with Crippen LogP contribution in [0.25, 0.3) is 0 Å². The van der Waals surface area contributed by atoms with Crippen molar-refractivity contribution in [2.75, 3.05) is 12.1 Å². The lowest BCUT2D eigenvalue weighted by Crippen LogP contribution is -2.49. The zero-order chi connectivity index (χ0) is 19.4. The molecule has 0 spiro atoms. The van der Waals surface area contributed by atoms with Gasteiger partial charge in [0, 0.05) is 0 Å². The summed E-state index contributed by atoms with van der Waals surface area (Å²) in [6.07, 6.45) is -1.64. The van der Waals surface area contributed by atoms with E-state index < -0.39 is 29.4 Å². The molecular formula is C16H24N2O6S. The Morgan fingerprint density at radius 2 is 1.56 bits per heavy atom. The Morgan fingerprint density at radius 3 is 2.04 bits per heavy atom. The van der Waals surface area contributed by atoms with Gasteiger partial charge in [0.1, 0.15) is 21.1 Å². The summed E-state index contributed by atoms with van der Waals surface area (Å²) in [5.74, 6) is -0.544. The molecule has 8 nitrogen and oxygen atoms in total. The Kier molecular flexibility index (Phi) is 6.42. The number of rotatable bonds is 2. The van der Waals surface area contributed by atoms with Crippen LogP contribution in [0.4, 0.5) is 14.6 Å². The molecule has 0 aliphatic carbocycles. The Bertz CT molecular complexity index is 642. The second-order valence-corrected chi connectivity index (χ2v) is 8.12. The summed E-state index contributed by atoms with van der Waals surface area (Å²) < 4.78 is 15.1. The topological polar surface area (TPSA) is 94.2 Å². The maximum Gasteiger partial charge on any atom is 0.434 e. The number of ether oxygens (including phenoxy) is 3. The van der Waals surface area contributed by atoms with Gasteiger partial charge in [-0.3, -0.25) is 0 Å². The zero-order valence-corrected chi connectivity index (χ0v) is 16.3. The van der Waals surface area contributed by atoms with Gasteiger partial charge in [0.2, 0.25) is 0 Å². The van der Waals surface area contributed by atoms with Gasteiger partial charge < -0.3 is 14.2 Å². The fourth-order valence-corrected chi connectivity index (χ4v) is 2.42. The fourth-order valence-electron chi connectivity index (χ4n) is 1.55. The minimum atomic E-state index is -0.827. The smallest absolute Gasteiger partial charge is 0.434 e. The van der Waals surface area contributed by atoms with E-state index in [1.165, 1.54) is 19.2 Å². The highest BCUT2D eigenvalue weighted by Crippen LogP contribution is 2.27. The zero-order valence-electron chi connectivity index (χ0n) is 15.5. The highest BCUT2D eigenvalue weighted by molar-refractivity contribution is 7.18. The second kappa shape index (κ2) is 7.73. The molecule has 0 aliphatic rings. The van der Waals surface area contributed by atoms with Gasteiger partial charge >= 0.3 is 18.2 Å². The molecule has 0 aliphatic heterocycles. The van der Waals surface area contributed by atoms with Gasteiger partial charge in [-0.1, -0.05) is 0 Å². The number of nitrogens with zero attached hydrogens (tertiary/aromatic N) is 1. The number of anilines is 1. The van der Waals surface area contributed by atoms with Crippen LogP contribution < -0.4 is 10.4 Å². The quantitative estimate of drug-likeness (QED) is 0.483. The number of nitrogens with one attached hydrogen (secondary N) is 1. The SMILES string of the molecule is COC(=O)c1ccc(N(NC(=O)OC(C)(C)C)C(=O)OC(C)(C)C)s1. The van der Waals surface area contributed by atoms with Crippen LogP contribution in [0.1, 0.15) is 51.2 Å². The maximum absolute atomic E-state index is 12.4. The third kappa shape index (κ3) is 7.00. The summed E-state index contributed by atoms with van der Waals surface area (Å²) >= 11 is 0.968. The first kappa shape index (κ1) is 20.8. The lowest BCUT2D eigenvalue weighted by molar-refractivity contribution is 0.0426. The van der Waals surface area contributed by atoms with Gasteiger partial charge in [-0.15, -0.1) is 11.3 Å². The Hall–Kier alpha value is -2.29. The van der Waals surface area contributed by atoms with Crippen LogP contribution in [0.5, 0.6) is 0 Å². The standard InChI is InChI=1S/C16H24N2O6S/c1-15(2,3)23-13(20)17-18(14(21)24-16(4,5)6)11-9-8-10(25-11)12(19)22-7/h8-9H,1-7H3,(H,17,20). The number of amides is 2. The highest BCUT2D eigenvalue weighted by atomic mass is 32.1. The van der Waals surface area contributed by atoms with Crippen LogP contribution >= 0.6 is 11.3 Å². The van der Waals surface area contributed by atoms with Crippen molar-refractivity contribution < 1.29 is 28.6 Å². The van der Waals surface area contributed by atoms with E-state index in [-0.39, 0.29) is 9.88 Å². The normalized spacial score (nSPS) is 11.5. The molecule has 0 fully saturated rings. The lowest BCUT2D eigenvalue weighted by atomic mass is 10.2. The maximum atomic E-state index is 12.4. The van der Waals surface area contributed by atoms with Crippen molar-refractivity contribution >= 4 is 34.5 Å². The van der Waals surface area contributed by atoms with Gasteiger partial charge in [0.05, 0.1) is 7.11 Å². The number of methoxy groups -OCH3 is 1. The summed E-state index contributed by atoms with van der Waals surface area (Å²) in [5, 5.41) is 1.18. The fraction of sp³-hybridized carbons (Fsp3) is 0.562. The van der Waals surface area contributed by atoms with Crippen LogP contribution in [-0.4, -0.2) is 36.5 Å². The van der Waals surface area contributed by atoms with Crippen LogP contribution in [0.2, 0.25) is 0 Å². The summed E-state index contributed by atoms with van der Waals surface area (Å²) in [6, 6.07) is 2.98. The molecule has 1 N–H and O–H groups in total. The third-order valence-electron chi connectivity index (χ3n) is 2.38. The molecule has 25 heavy (non-hydrogen) atoms. The van der Waals surface area contributed by atoms with E-state index in [2.05, 4.69) is 10.2 Å². The highest BCUT2D eigenvalue weighted by Gasteiger charge is 2.28. The monoisotopic (exact) mass is 372 g/mol. The minimum absolute atomic E-state index is 0.275. The molecule has 9 heteroatoms. The van der Waals surface area contributed by atoms with Crippen molar-refractivity contribution in [3.8, 4) is 0 Å². The molecule has 0 radical (unpaired) electrons. The van der Waals surface area contributed by atoms with Crippen molar-refractivity contribution in [2.45, 2.75) is 52.7 Å². The number of hydrogen-bond donors (Lipinski definition) is 1. The molecule has 1 aromatic rings. The molecule has 0 unspecified atom stereocenters. The molecular weight excluding hydrogens is 348 g/mol. The first-order valence-corrected chi connectivity index (χ1v) is 8.35. The predicted molar refractivity (Wildman–Crippen MR) is 93.7 cm³/mol. The van der Waals surface area contributed by atoms with Crippen molar-refractivity contribution in [3.63, 3.8) is 0 Å². The Balaban J connectivity index is 3.06. The molecule has 1 heterocycles. The van der Waals surface area contributed by atoms with E-state index in [4.69, 9.17) is 9.47 Å².